The Labute approximate surface area is 186 Å². The molecule has 0 saturated carbocycles. The van der Waals surface area contributed by atoms with Gasteiger partial charge in [-0.1, -0.05) is 42.8 Å². The number of likely N-dealkylation sites (tertiary alicyclic amines) is 1. The van der Waals surface area contributed by atoms with E-state index in [0.29, 0.717) is 25.3 Å². The molecule has 2 heterocycles. The number of pyridine rings is 1. The highest BCUT2D eigenvalue weighted by molar-refractivity contribution is 5.85. The number of nitrogens with zero attached hydrogens (tertiary/aromatic N) is 2. The summed E-state index contributed by atoms with van der Waals surface area (Å²) in [6, 6.07) is 14.1. The standard InChI is InChI=1S/C27H34N2O2/c1-20(30)27(22-11-4-2-5-12-22)29-18-23(19-29)26(31)15-7-3-6-13-24-17-16-21-10-8-9-14-25(21)28-24/h2,4-5,11-12,16-17,23,27H,3,6-10,13-15,18-19H2,1H3/t27-/m1/s1. The maximum Gasteiger partial charge on any atom is 0.151 e. The third-order valence-electron chi connectivity index (χ3n) is 6.82. The van der Waals surface area contributed by atoms with Crippen LogP contribution in [0.25, 0.3) is 0 Å². The largest absolute Gasteiger partial charge is 0.299 e. The summed E-state index contributed by atoms with van der Waals surface area (Å²) >= 11 is 0. The number of rotatable bonds is 10. The van der Waals surface area contributed by atoms with Gasteiger partial charge in [-0.05, 0) is 69.1 Å². The van der Waals surface area contributed by atoms with Gasteiger partial charge < -0.3 is 0 Å². The molecule has 164 valence electrons. The van der Waals surface area contributed by atoms with E-state index in [1.807, 2.05) is 30.3 Å². The summed E-state index contributed by atoms with van der Waals surface area (Å²) in [5, 5.41) is 0. The van der Waals surface area contributed by atoms with Crippen LogP contribution in [-0.4, -0.2) is 34.5 Å². The number of Topliss-reactive ketones (excluding diaryl/α,β-unsaturated/α-hetero) is 2. The lowest BCUT2D eigenvalue weighted by molar-refractivity contribution is -0.134. The second kappa shape index (κ2) is 10.3. The van der Waals surface area contributed by atoms with E-state index in [1.54, 1.807) is 6.92 Å². The average Bonchev–Trinajstić information content (AvgIpc) is 2.75. The van der Waals surface area contributed by atoms with Crippen molar-refractivity contribution in [1.29, 1.82) is 0 Å². The molecule has 4 rings (SSSR count). The van der Waals surface area contributed by atoms with Gasteiger partial charge in [0.05, 0.1) is 6.04 Å². The number of fused-ring (bicyclic) bond motifs is 1. The highest BCUT2D eigenvalue weighted by atomic mass is 16.1. The summed E-state index contributed by atoms with van der Waals surface area (Å²) < 4.78 is 0. The summed E-state index contributed by atoms with van der Waals surface area (Å²) in [7, 11) is 0. The van der Waals surface area contributed by atoms with Crippen LogP contribution in [0, 0.1) is 5.92 Å². The minimum absolute atomic E-state index is 0.0906. The Morgan fingerprint density at radius 2 is 1.77 bits per heavy atom. The zero-order valence-electron chi connectivity index (χ0n) is 18.7. The minimum atomic E-state index is -0.214. The number of aryl methyl sites for hydroxylation is 3. The van der Waals surface area contributed by atoms with Gasteiger partial charge in [-0.2, -0.15) is 0 Å². The Hall–Kier alpha value is -2.33. The van der Waals surface area contributed by atoms with Gasteiger partial charge in [0.15, 0.2) is 5.78 Å². The molecule has 1 fully saturated rings. The summed E-state index contributed by atoms with van der Waals surface area (Å²) in [5.74, 6) is 0.597. The van der Waals surface area contributed by atoms with Crippen molar-refractivity contribution in [2.45, 2.75) is 70.8 Å². The quantitative estimate of drug-likeness (QED) is 0.515. The van der Waals surface area contributed by atoms with Gasteiger partial charge in [-0.15, -0.1) is 0 Å². The van der Waals surface area contributed by atoms with Crippen molar-refractivity contribution >= 4 is 11.6 Å². The van der Waals surface area contributed by atoms with Gasteiger partial charge in [0.1, 0.15) is 5.78 Å². The summed E-state index contributed by atoms with van der Waals surface area (Å²) in [5.41, 5.74) is 4.98. The van der Waals surface area contributed by atoms with E-state index < -0.39 is 0 Å². The zero-order chi connectivity index (χ0) is 21.6. The lowest BCUT2D eigenvalue weighted by atomic mass is 9.88. The van der Waals surface area contributed by atoms with Crippen molar-refractivity contribution in [2.24, 2.45) is 5.92 Å². The average molecular weight is 419 g/mol. The molecular weight excluding hydrogens is 384 g/mol. The lowest BCUT2D eigenvalue weighted by Gasteiger charge is -2.43. The van der Waals surface area contributed by atoms with Gasteiger partial charge in [0.2, 0.25) is 0 Å². The van der Waals surface area contributed by atoms with E-state index in [0.717, 1.165) is 37.7 Å². The normalized spacial score (nSPS) is 17.6. The maximum absolute atomic E-state index is 12.6. The van der Waals surface area contributed by atoms with Crippen LogP contribution < -0.4 is 0 Å². The first-order chi connectivity index (χ1) is 15.1. The highest BCUT2D eigenvalue weighted by Crippen LogP contribution is 2.30. The molecule has 2 aliphatic rings. The van der Waals surface area contributed by atoms with Crippen molar-refractivity contribution in [3.63, 3.8) is 0 Å². The fraction of sp³-hybridized carbons (Fsp3) is 0.519. The molecule has 1 atom stereocenters. The first kappa shape index (κ1) is 21.9. The number of carbonyl (C=O) groups excluding carboxylic acids is 2. The Kier molecular flexibility index (Phi) is 7.29. The van der Waals surface area contributed by atoms with Gasteiger partial charge in [0.25, 0.3) is 0 Å². The second-order valence-corrected chi connectivity index (χ2v) is 9.22. The molecule has 1 aromatic carbocycles. The molecule has 1 saturated heterocycles. The van der Waals surface area contributed by atoms with Crippen LogP contribution in [0.3, 0.4) is 0 Å². The van der Waals surface area contributed by atoms with Crippen LogP contribution in [0.4, 0.5) is 0 Å². The molecule has 4 heteroatoms. The molecule has 31 heavy (non-hydrogen) atoms. The molecule has 1 aliphatic heterocycles. The van der Waals surface area contributed by atoms with Crippen LogP contribution in [0.1, 0.15) is 74.0 Å². The summed E-state index contributed by atoms with van der Waals surface area (Å²) in [6.07, 6.45) is 9.66. The Morgan fingerprint density at radius 3 is 2.55 bits per heavy atom. The molecule has 0 radical (unpaired) electrons. The first-order valence-corrected chi connectivity index (χ1v) is 11.9. The number of unbranched alkanes of at least 4 members (excludes halogenated alkanes) is 2. The smallest absolute Gasteiger partial charge is 0.151 e. The third kappa shape index (κ3) is 5.48. The van der Waals surface area contributed by atoms with Crippen molar-refractivity contribution in [3.05, 3.63) is 65.0 Å². The highest BCUT2D eigenvalue weighted by Gasteiger charge is 2.38. The molecule has 4 nitrogen and oxygen atoms in total. The number of ketones is 2. The van der Waals surface area contributed by atoms with E-state index in [1.165, 1.54) is 36.2 Å². The van der Waals surface area contributed by atoms with E-state index in [4.69, 9.17) is 4.98 Å². The van der Waals surface area contributed by atoms with Crippen LogP contribution >= 0.6 is 0 Å². The van der Waals surface area contributed by atoms with E-state index in [-0.39, 0.29) is 17.7 Å². The van der Waals surface area contributed by atoms with Crippen molar-refractivity contribution < 1.29 is 9.59 Å². The third-order valence-corrected chi connectivity index (χ3v) is 6.82. The molecule has 0 bridgehead atoms. The topological polar surface area (TPSA) is 50.3 Å². The first-order valence-electron chi connectivity index (χ1n) is 11.9. The van der Waals surface area contributed by atoms with Gasteiger partial charge in [-0.25, -0.2) is 0 Å². The van der Waals surface area contributed by atoms with E-state index in [2.05, 4.69) is 17.0 Å². The van der Waals surface area contributed by atoms with Gasteiger partial charge >= 0.3 is 0 Å². The predicted octanol–water partition coefficient (Wildman–Crippen LogP) is 4.89. The number of hydrogen-bond donors (Lipinski definition) is 0. The fourth-order valence-electron chi connectivity index (χ4n) is 5.02. The SMILES string of the molecule is CC(=O)[C@H](c1ccccc1)N1CC(C(=O)CCCCCc2ccc3c(n2)CCCC3)C1. The molecule has 2 aromatic rings. The van der Waals surface area contributed by atoms with Crippen LogP contribution in [0.15, 0.2) is 42.5 Å². The maximum atomic E-state index is 12.6. The number of aromatic nitrogens is 1. The number of benzene rings is 1. The van der Waals surface area contributed by atoms with E-state index in [9.17, 15) is 9.59 Å². The summed E-state index contributed by atoms with van der Waals surface area (Å²) in [4.78, 5) is 31.7. The Bertz CT molecular complexity index is 903. The molecule has 1 aliphatic carbocycles. The van der Waals surface area contributed by atoms with E-state index >= 15 is 0 Å². The lowest BCUT2D eigenvalue weighted by Crippen LogP contribution is -2.53. The monoisotopic (exact) mass is 418 g/mol. The minimum Gasteiger partial charge on any atom is -0.299 e. The van der Waals surface area contributed by atoms with Crippen molar-refractivity contribution in [2.75, 3.05) is 13.1 Å². The molecule has 1 aromatic heterocycles. The van der Waals surface area contributed by atoms with Crippen molar-refractivity contribution in [1.82, 2.24) is 9.88 Å². The van der Waals surface area contributed by atoms with Gasteiger partial charge in [-0.3, -0.25) is 19.5 Å². The van der Waals surface area contributed by atoms with Crippen molar-refractivity contribution in [3.8, 4) is 0 Å². The molecule has 0 spiro atoms. The zero-order valence-corrected chi connectivity index (χ0v) is 18.7. The molecular formula is C27H34N2O2. The molecule has 0 amide bonds. The van der Waals surface area contributed by atoms with Crippen LogP contribution in [0.5, 0.6) is 0 Å². The second-order valence-electron chi connectivity index (χ2n) is 9.22. The van der Waals surface area contributed by atoms with Gasteiger partial charge in [0, 0.05) is 36.8 Å². The predicted molar refractivity (Wildman–Crippen MR) is 123 cm³/mol. The Balaban J connectivity index is 1.16. The van der Waals surface area contributed by atoms with Crippen LogP contribution in [-0.2, 0) is 28.9 Å². The summed E-state index contributed by atoms with van der Waals surface area (Å²) in [6.45, 7) is 3.05. The number of carbonyl (C=O) groups is 2. The fourth-order valence-corrected chi connectivity index (χ4v) is 5.02. The Morgan fingerprint density at radius 1 is 1.00 bits per heavy atom. The number of hydrogen-bond acceptors (Lipinski definition) is 4. The van der Waals surface area contributed by atoms with Crippen LogP contribution in [0.2, 0.25) is 0 Å². The molecule has 0 unspecified atom stereocenters. The molecule has 0 N–H and O–H groups in total.